The number of anilines is 1. The maximum absolute atomic E-state index is 13.4. The largest absolute Gasteiger partial charge is 0.488 e. The molecule has 1 unspecified atom stereocenters. The van der Waals surface area contributed by atoms with Crippen LogP contribution in [0.15, 0.2) is 48.5 Å². The molecule has 0 aromatic heterocycles. The van der Waals surface area contributed by atoms with Crippen LogP contribution in [-0.2, 0) is 11.0 Å². The Balaban J connectivity index is 1.79. The van der Waals surface area contributed by atoms with E-state index in [2.05, 4.69) is 10.6 Å². The van der Waals surface area contributed by atoms with Crippen LogP contribution in [0, 0.1) is 5.82 Å². The van der Waals surface area contributed by atoms with Crippen molar-refractivity contribution in [1.29, 1.82) is 0 Å². The second-order valence-electron chi connectivity index (χ2n) is 5.64. The molecular weight excluding hydrogens is 352 g/mol. The van der Waals surface area contributed by atoms with Crippen molar-refractivity contribution in [2.45, 2.75) is 19.1 Å². The quantitative estimate of drug-likeness (QED) is 0.728. The molecule has 0 saturated heterocycles. The molecule has 2 N–H and O–H groups in total. The van der Waals surface area contributed by atoms with E-state index in [4.69, 9.17) is 4.74 Å². The van der Waals surface area contributed by atoms with E-state index in [0.29, 0.717) is 0 Å². The molecule has 0 fully saturated rings. The summed E-state index contributed by atoms with van der Waals surface area (Å²) in [7, 11) is 0. The van der Waals surface area contributed by atoms with Gasteiger partial charge in [-0.3, -0.25) is 4.79 Å². The molecule has 26 heavy (non-hydrogen) atoms. The number of halogens is 4. The Kier molecular flexibility index (Phi) is 6.43. The Labute approximate surface area is 148 Å². The normalized spacial score (nSPS) is 12.3. The van der Waals surface area contributed by atoms with Gasteiger partial charge in [0.25, 0.3) is 0 Å². The third kappa shape index (κ3) is 5.94. The Bertz CT molecular complexity index is 750. The third-order valence-electron chi connectivity index (χ3n) is 3.38. The summed E-state index contributed by atoms with van der Waals surface area (Å²) in [6.07, 6.45) is -4.45. The maximum Gasteiger partial charge on any atom is 0.416 e. The molecule has 2 aromatic rings. The van der Waals surface area contributed by atoms with Crippen molar-refractivity contribution in [3.8, 4) is 5.75 Å². The van der Waals surface area contributed by atoms with E-state index in [9.17, 15) is 22.4 Å². The van der Waals surface area contributed by atoms with Gasteiger partial charge in [0, 0.05) is 5.69 Å². The zero-order chi connectivity index (χ0) is 19.2. The van der Waals surface area contributed by atoms with E-state index in [1.54, 1.807) is 13.0 Å². The van der Waals surface area contributed by atoms with Crippen LogP contribution in [0.3, 0.4) is 0 Å². The molecule has 0 heterocycles. The molecule has 0 aliphatic carbocycles. The first-order chi connectivity index (χ1) is 12.3. The van der Waals surface area contributed by atoms with Gasteiger partial charge in [-0.25, -0.2) is 4.39 Å². The fourth-order valence-corrected chi connectivity index (χ4v) is 2.13. The highest BCUT2D eigenvalue weighted by Crippen LogP contribution is 2.30. The van der Waals surface area contributed by atoms with Gasteiger partial charge in [-0.1, -0.05) is 18.2 Å². The summed E-state index contributed by atoms with van der Waals surface area (Å²) >= 11 is 0. The molecule has 0 saturated carbocycles. The summed E-state index contributed by atoms with van der Waals surface area (Å²) < 4.78 is 56.6. The average molecular weight is 370 g/mol. The van der Waals surface area contributed by atoms with Crippen LogP contribution in [-0.4, -0.2) is 25.1 Å². The predicted molar refractivity (Wildman–Crippen MR) is 89.4 cm³/mol. The van der Waals surface area contributed by atoms with Crippen LogP contribution in [0.1, 0.15) is 12.5 Å². The summed E-state index contributed by atoms with van der Waals surface area (Å²) in [6, 6.07) is 10.1. The lowest BCUT2D eigenvalue weighted by Gasteiger charge is -2.16. The minimum atomic E-state index is -4.45. The van der Waals surface area contributed by atoms with Crippen LogP contribution in [0.25, 0.3) is 0 Å². The molecule has 2 aromatic carbocycles. The Morgan fingerprint density at radius 2 is 1.88 bits per heavy atom. The minimum Gasteiger partial charge on any atom is -0.488 e. The topological polar surface area (TPSA) is 50.4 Å². The molecule has 4 nitrogen and oxygen atoms in total. The van der Waals surface area contributed by atoms with Gasteiger partial charge in [-0.15, -0.1) is 0 Å². The molecule has 2 rings (SSSR count). The molecule has 0 spiro atoms. The highest BCUT2D eigenvalue weighted by atomic mass is 19.4. The monoisotopic (exact) mass is 370 g/mol. The molecule has 0 radical (unpaired) electrons. The van der Waals surface area contributed by atoms with Crippen LogP contribution in [0.2, 0.25) is 0 Å². The third-order valence-corrected chi connectivity index (χ3v) is 3.38. The van der Waals surface area contributed by atoms with Gasteiger partial charge >= 0.3 is 6.18 Å². The fourth-order valence-electron chi connectivity index (χ4n) is 2.13. The van der Waals surface area contributed by atoms with Gasteiger partial charge in [-0.05, 0) is 37.3 Å². The Morgan fingerprint density at radius 1 is 1.15 bits per heavy atom. The van der Waals surface area contributed by atoms with E-state index in [1.807, 2.05) is 0 Å². The number of carbonyl (C=O) groups is 1. The number of alkyl halides is 3. The van der Waals surface area contributed by atoms with Gasteiger partial charge < -0.3 is 15.4 Å². The number of benzene rings is 2. The van der Waals surface area contributed by atoms with Gasteiger partial charge in [0.1, 0.15) is 6.61 Å². The van der Waals surface area contributed by atoms with Crippen molar-refractivity contribution in [2.75, 3.05) is 18.5 Å². The zero-order valence-electron chi connectivity index (χ0n) is 13.9. The lowest BCUT2D eigenvalue weighted by atomic mass is 10.2. The first-order valence-corrected chi connectivity index (χ1v) is 7.83. The fraction of sp³-hybridized carbons (Fsp3) is 0.278. The Hall–Kier alpha value is -2.77. The molecule has 1 amide bonds. The number of nitrogens with one attached hydrogen (secondary N) is 2. The second kappa shape index (κ2) is 8.55. The number of hydrogen-bond donors (Lipinski definition) is 2. The van der Waals surface area contributed by atoms with Crippen molar-refractivity contribution in [1.82, 2.24) is 5.32 Å². The van der Waals surface area contributed by atoms with Crippen molar-refractivity contribution >= 4 is 11.6 Å². The molecule has 0 aliphatic heterocycles. The van der Waals surface area contributed by atoms with Crippen molar-refractivity contribution < 1.29 is 27.1 Å². The maximum atomic E-state index is 13.4. The molecule has 140 valence electrons. The van der Waals surface area contributed by atoms with E-state index < -0.39 is 29.5 Å². The van der Waals surface area contributed by atoms with E-state index in [1.165, 1.54) is 30.3 Å². The Morgan fingerprint density at radius 3 is 2.58 bits per heavy atom. The molecule has 1 atom stereocenters. The first-order valence-electron chi connectivity index (χ1n) is 7.83. The first kappa shape index (κ1) is 19.6. The summed E-state index contributed by atoms with van der Waals surface area (Å²) in [5, 5.41) is 5.25. The van der Waals surface area contributed by atoms with Crippen LogP contribution < -0.4 is 15.4 Å². The zero-order valence-corrected chi connectivity index (χ0v) is 13.9. The van der Waals surface area contributed by atoms with Gasteiger partial charge in [0.15, 0.2) is 11.6 Å². The SMILES string of the molecule is CC(COc1ccccc1F)NC(=O)CNc1cccc(C(F)(F)F)c1. The van der Waals surface area contributed by atoms with Gasteiger partial charge in [0.05, 0.1) is 18.2 Å². The number of amides is 1. The summed E-state index contributed by atoms with van der Waals surface area (Å²) in [5.74, 6) is -0.847. The van der Waals surface area contributed by atoms with Crippen molar-refractivity contribution in [2.24, 2.45) is 0 Å². The van der Waals surface area contributed by atoms with E-state index in [-0.39, 0.29) is 24.6 Å². The summed E-state index contributed by atoms with van der Waals surface area (Å²) in [5.41, 5.74) is -0.611. The second-order valence-corrected chi connectivity index (χ2v) is 5.64. The highest BCUT2D eigenvalue weighted by Gasteiger charge is 2.30. The van der Waals surface area contributed by atoms with Gasteiger partial charge in [-0.2, -0.15) is 13.2 Å². The van der Waals surface area contributed by atoms with Gasteiger partial charge in [0.2, 0.25) is 5.91 Å². The average Bonchev–Trinajstić information content (AvgIpc) is 2.59. The van der Waals surface area contributed by atoms with Crippen LogP contribution in [0.5, 0.6) is 5.75 Å². The molecular formula is C18H18F4N2O2. The lowest BCUT2D eigenvalue weighted by molar-refractivity contribution is -0.137. The van der Waals surface area contributed by atoms with E-state index in [0.717, 1.165) is 12.1 Å². The lowest BCUT2D eigenvalue weighted by Crippen LogP contribution is -2.40. The van der Waals surface area contributed by atoms with Crippen LogP contribution >= 0.6 is 0 Å². The minimum absolute atomic E-state index is 0.0518. The number of para-hydroxylation sites is 1. The number of ether oxygens (including phenoxy) is 1. The summed E-state index contributed by atoms with van der Waals surface area (Å²) in [4.78, 5) is 11.9. The number of hydrogen-bond acceptors (Lipinski definition) is 3. The molecule has 8 heteroatoms. The van der Waals surface area contributed by atoms with E-state index >= 15 is 0 Å². The molecule has 0 aliphatic rings. The number of rotatable bonds is 7. The number of carbonyl (C=O) groups excluding carboxylic acids is 1. The predicted octanol–water partition coefficient (Wildman–Crippen LogP) is 3.84. The van der Waals surface area contributed by atoms with Crippen LogP contribution in [0.4, 0.5) is 23.2 Å². The smallest absolute Gasteiger partial charge is 0.416 e. The van der Waals surface area contributed by atoms with Crippen molar-refractivity contribution in [3.05, 3.63) is 59.9 Å². The summed E-state index contributed by atoms with van der Waals surface area (Å²) in [6.45, 7) is 1.52. The standard InChI is InChI=1S/C18H18F4N2O2/c1-12(11-26-16-8-3-2-7-15(16)19)24-17(25)10-23-14-6-4-5-13(9-14)18(20,21)22/h2-9,12,23H,10-11H2,1H3,(H,24,25). The highest BCUT2D eigenvalue weighted by molar-refractivity contribution is 5.81. The van der Waals surface area contributed by atoms with Crippen molar-refractivity contribution in [3.63, 3.8) is 0 Å². The molecule has 0 bridgehead atoms.